The van der Waals surface area contributed by atoms with Crippen LogP contribution in [-0.2, 0) is 11.2 Å². The molecule has 0 aromatic heterocycles. The molecule has 0 aliphatic heterocycles. The minimum Gasteiger partial charge on any atom is -0.443 e. The molecule has 5 nitrogen and oxygen atoms in total. The minimum absolute atomic E-state index is 0.0100. The minimum atomic E-state index is -0.787. The van der Waals surface area contributed by atoms with E-state index in [4.69, 9.17) is 4.74 Å². The maximum Gasteiger partial charge on any atom is 0.412 e. The van der Waals surface area contributed by atoms with Crippen molar-refractivity contribution < 1.29 is 19.1 Å². The van der Waals surface area contributed by atoms with E-state index < -0.39 is 11.7 Å². The van der Waals surface area contributed by atoms with Gasteiger partial charge >= 0.3 is 6.09 Å². The molecule has 2 aromatic carbocycles. The highest BCUT2D eigenvalue weighted by atomic mass is 16.6. The van der Waals surface area contributed by atoms with E-state index in [0.717, 1.165) is 5.56 Å². The molecule has 136 valence electrons. The predicted octanol–water partition coefficient (Wildman–Crippen LogP) is 4.66. The van der Waals surface area contributed by atoms with Crippen molar-refractivity contribution in [3.05, 3.63) is 65.2 Å². The summed E-state index contributed by atoms with van der Waals surface area (Å²) in [5, 5.41) is 2.63. The summed E-state index contributed by atoms with van der Waals surface area (Å²) in [7, 11) is 0. The van der Waals surface area contributed by atoms with E-state index in [1.54, 1.807) is 50.2 Å². The molecule has 0 aliphatic carbocycles. The Labute approximate surface area is 153 Å². The number of carbonyl (C=O) groups is 3. The van der Waals surface area contributed by atoms with E-state index in [0.29, 0.717) is 23.2 Å². The molecule has 0 radical (unpaired) electrons. The summed E-state index contributed by atoms with van der Waals surface area (Å²) >= 11 is 0. The van der Waals surface area contributed by atoms with Crippen molar-refractivity contribution in [1.29, 1.82) is 0 Å². The lowest BCUT2D eigenvalue weighted by molar-refractivity contribution is 0.0493. The van der Waals surface area contributed by atoms with Gasteiger partial charge in [-0.05, 0) is 51.5 Å². The molecule has 2 rings (SSSR count). The number of para-hydroxylation sites is 1. The molecule has 0 fully saturated rings. The van der Waals surface area contributed by atoms with E-state index in [1.807, 2.05) is 12.1 Å². The van der Waals surface area contributed by atoms with Gasteiger partial charge in [0.15, 0.2) is 11.6 Å². The number of hydrogen-bond acceptors (Lipinski definition) is 4. The van der Waals surface area contributed by atoms with Crippen molar-refractivity contribution in [3.8, 4) is 0 Å². The quantitative estimate of drug-likeness (QED) is 0.767. The van der Waals surface area contributed by atoms with Crippen LogP contribution in [0, 0.1) is 0 Å². The first-order chi connectivity index (χ1) is 12.2. The van der Waals surface area contributed by atoms with E-state index >= 15 is 0 Å². The Bertz CT molecular complexity index is 839. The monoisotopic (exact) mass is 353 g/mol. The number of ether oxygens (including phenoxy) is 1. The van der Waals surface area contributed by atoms with Crippen molar-refractivity contribution in [2.45, 2.75) is 39.7 Å². The summed E-state index contributed by atoms with van der Waals surface area (Å²) in [5.41, 5.74) is 1.58. The molecule has 1 N–H and O–H groups in total. The van der Waals surface area contributed by atoms with Crippen molar-refractivity contribution in [2.75, 3.05) is 5.32 Å². The van der Waals surface area contributed by atoms with Crippen LogP contribution in [0.2, 0.25) is 0 Å². The van der Waals surface area contributed by atoms with Gasteiger partial charge in [0, 0.05) is 17.5 Å². The van der Waals surface area contributed by atoms with Gasteiger partial charge in [0.05, 0.1) is 5.69 Å². The largest absolute Gasteiger partial charge is 0.443 e. The van der Waals surface area contributed by atoms with Gasteiger partial charge in [-0.2, -0.15) is 0 Å². The fourth-order valence-corrected chi connectivity index (χ4v) is 2.71. The predicted molar refractivity (Wildman–Crippen MR) is 101 cm³/mol. The lowest BCUT2D eigenvalue weighted by Gasteiger charge is -2.25. The molecular formula is C21H23NO4. The zero-order chi connectivity index (χ0) is 19.3. The topological polar surface area (TPSA) is 72.5 Å². The second-order valence-electron chi connectivity index (χ2n) is 6.81. The third kappa shape index (κ3) is 5.28. The highest BCUT2D eigenvalue weighted by Crippen LogP contribution is 2.21. The smallest absolute Gasteiger partial charge is 0.412 e. The number of Topliss-reactive ketones (excluding diaryl/α,β-unsaturated/α-hetero) is 2. The van der Waals surface area contributed by atoms with E-state index in [2.05, 4.69) is 5.32 Å². The third-order valence-corrected chi connectivity index (χ3v) is 3.88. The number of rotatable bonds is 6. The maximum atomic E-state index is 12.3. The van der Waals surface area contributed by atoms with Crippen LogP contribution in [0.1, 0.15) is 54.0 Å². The highest BCUT2D eigenvalue weighted by Gasteiger charge is 2.24. The second kappa shape index (κ2) is 7.95. The van der Waals surface area contributed by atoms with Gasteiger partial charge in [0.2, 0.25) is 0 Å². The zero-order valence-electron chi connectivity index (χ0n) is 15.5. The van der Waals surface area contributed by atoms with Crippen LogP contribution in [0.4, 0.5) is 10.5 Å². The molecule has 0 saturated carbocycles. The van der Waals surface area contributed by atoms with Gasteiger partial charge in [-0.15, -0.1) is 0 Å². The SMILES string of the molecule is CC(=O)c1cccc(CC(C)(C)OC(=O)Nc2ccccc2C(C)=O)c1. The van der Waals surface area contributed by atoms with Crippen molar-refractivity contribution in [1.82, 2.24) is 0 Å². The van der Waals surface area contributed by atoms with Gasteiger partial charge < -0.3 is 4.74 Å². The molecule has 0 aliphatic rings. The Morgan fingerprint density at radius 2 is 1.65 bits per heavy atom. The van der Waals surface area contributed by atoms with Crippen molar-refractivity contribution in [3.63, 3.8) is 0 Å². The van der Waals surface area contributed by atoms with Crippen LogP contribution in [0.5, 0.6) is 0 Å². The number of ketones is 2. The number of benzene rings is 2. The fraction of sp³-hybridized carbons (Fsp3) is 0.286. The molecule has 26 heavy (non-hydrogen) atoms. The Morgan fingerprint density at radius 3 is 2.31 bits per heavy atom. The summed E-state index contributed by atoms with van der Waals surface area (Å²) in [6.07, 6.45) is -0.179. The number of hydrogen-bond donors (Lipinski definition) is 1. The van der Waals surface area contributed by atoms with Crippen LogP contribution in [-0.4, -0.2) is 23.3 Å². The molecule has 0 bridgehead atoms. The average Bonchev–Trinajstić information content (AvgIpc) is 2.54. The first-order valence-corrected chi connectivity index (χ1v) is 8.38. The van der Waals surface area contributed by atoms with Gasteiger partial charge in [0.1, 0.15) is 5.60 Å². The lowest BCUT2D eigenvalue weighted by atomic mass is 9.96. The summed E-state index contributed by atoms with van der Waals surface area (Å²) in [5.74, 6) is -0.148. The van der Waals surface area contributed by atoms with Gasteiger partial charge in [-0.1, -0.05) is 30.3 Å². The number of nitrogens with one attached hydrogen (secondary N) is 1. The van der Waals surface area contributed by atoms with Crippen LogP contribution in [0.25, 0.3) is 0 Å². The first-order valence-electron chi connectivity index (χ1n) is 8.38. The lowest BCUT2D eigenvalue weighted by Crippen LogP contribution is -2.33. The van der Waals surface area contributed by atoms with Crippen molar-refractivity contribution in [2.24, 2.45) is 0 Å². The van der Waals surface area contributed by atoms with E-state index in [9.17, 15) is 14.4 Å². The third-order valence-electron chi connectivity index (χ3n) is 3.88. The van der Waals surface area contributed by atoms with Gasteiger partial charge in [-0.25, -0.2) is 4.79 Å². The molecule has 0 unspecified atom stereocenters. The normalized spacial score (nSPS) is 10.9. The average molecular weight is 353 g/mol. The van der Waals surface area contributed by atoms with Crippen LogP contribution >= 0.6 is 0 Å². The maximum absolute atomic E-state index is 12.3. The Kier molecular flexibility index (Phi) is 5.93. The molecule has 5 heteroatoms. The molecule has 2 aromatic rings. The molecular weight excluding hydrogens is 330 g/mol. The van der Waals surface area contributed by atoms with Crippen LogP contribution in [0.3, 0.4) is 0 Å². The molecule has 1 amide bonds. The Balaban J connectivity index is 2.07. The fourth-order valence-electron chi connectivity index (χ4n) is 2.71. The second-order valence-corrected chi connectivity index (χ2v) is 6.81. The summed E-state index contributed by atoms with van der Waals surface area (Å²) in [4.78, 5) is 35.4. The van der Waals surface area contributed by atoms with E-state index in [-0.39, 0.29) is 11.6 Å². The summed E-state index contributed by atoms with van der Waals surface area (Å²) < 4.78 is 5.53. The van der Waals surface area contributed by atoms with Gasteiger partial charge in [0.25, 0.3) is 0 Å². The summed E-state index contributed by atoms with van der Waals surface area (Å²) in [6.45, 7) is 6.55. The molecule has 0 heterocycles. The van der Waals surface area contributed by atoms with Crippen LogP contribution in [0.15, 0.2) is 48.5 Å². The summed E-state index contributed by atoms with van der Waals surface area (Å²) in [6, 6.07) is 14.0. The molecule has 0 saturated heterocycles. The Morgan fingerprint density at radius 1 is 0.962 bits per heavy atom. The number of amides is 1. The standard InChI is InChI=1S/C21H23NO4/c1-14(23)17-9-7-8-16(12-17)13-21(3,4)26-20(25)22-19-11-6-5-10-18(19)15(2)24/h5-12H,13H2,1-4H3,(H,22,25). The highest BCUT2D eigenvalue weighted by molar-refractivity contribution is 6.02. The molecule has 0 atom stereocenters. The van der Waals surface area contributed by atoms with Crippen molar-refractivity contribution >= 4 is 23.3 Å². The van der Waals surface area contributed by atoms with E-state index in [1.165, 1.54) is 13.8 Å². The molecule has 0 spiro atoms. The Hall–Kier alpha value is -2.95. The first kappa shape index (κ1) is 19.4. The van der Waals surface area contributed by atoms with Crippen LogP contribution < -0.4 is 5.32 Å². The van der Waals surface area contributed by atoms with Gasteiger partial charge in [-0.3, -0.25) is 14.9 Å². The number of anilines is 1. The number of carbonyl (C=O) groups excluding carboxylic acids is 3. The zero-order valence-corrected chi connectivity index (χ0v) is 15.5.